The van der Waals surface area contributed by atoms with Gasteiger partial charge in [0.1, 0.15) is 11.6 Å². The van der Waals surface area contributed by atoms with Crippen molar-refractivity contribution in [1.82, 2.24) is 0 Å². The highest BCUT2D eigenvalue weighted by Gasteiger charge is 2.35. The van der Waals surface area contributed by atoms with Crippen molar-refractivity contribution in [2.45, 2.75) is 6.18 Å². The third-order valence-electron chi connectivity index (χ3n) is 2.66. The second-order valence-electron chi connectivity index (χ2n) is 3.89. The van der Waals surface area contributed by atoms with Crippen LogP contribution in [0.3, 0.4) is 0 Å². The average molecular weight is 270 g/mol. The lowest BCUT2D eigenvalue weighted by atomic mass is 9.98. The molecular formula is C14H10F4O. The topological polar surface area (TPSA) is 9.23 Å². The number of benzene rings is 2. The summed E-state index contributed by atoms with van der Waals surface area (Å²) in [7, 11) is 1.28. The van der Waals surface area contributed by atoms with Crippen LogP contribution in [-0.4, -0.2) is 7.11 Å². The Hall–Kier alpha value is -2.04. The van der Waals surface area contributed by atoms with Crippen LogP contribution >= 0.6 is 0 Å². The van der Waals surface area contributed by atoms with Crippen molar-refractivity contribution in [1.29, 1.82) is 0 Å². The summed E-state index contributed by atoms with van der Waals surface area (Å²) in [6.45, 7) is 0. The highest BCUT2D eigenvalue weighted by Crippen LogP contribution is 2.42. The zero-order chi connectivity index (χ0) is 14.0. The lowest BCUT2D eigenvalue weighted by molar-refractivity contribution is -0.137. The highest BCUT2D eigenvalue weighted by atomic mass is 19.4. The highest BCUT2D eigenvalue weighted by molar-refractivity contribution is 5.74. The Bertz CT molecular complexity index is 590. The number of methoxy groups -OCH3 is 1. The largest absolute Gasteiger partial charge is 0.496 e. The Morgan fingerprint density at radius 3 is 2.26 bits per heavy atom. The minimum absolute atomic E-state index is 0.0559. The minimum Gasteiger partial charge on any atom is -0.496 e. The second kappa shape index (κ2) is 4.91. The fraction of sp³-hybridized carbons (Fsp3) is 0.143. The van der Waals surface area contributed by atoms with E-state index in [4.69, 9.17) is 4.74 Å². The molecule has 0 aliphatic carbocycles. The Kier molecular flexibility index (Phi) is 3.46. The molecule has 2 rings (SSSR count). The molecule has 0 aliphatic rings. The first-order chi connectivity index (χ1) is 8.93. The Morgan fingerprint density at radius 1 is 1.00 bits per heavy atom. The molecule has 0 fully saturated rings. The summed E-state index contributed by atoms with van der Waals surface area (Å²) in [5.41, 5.74) is -0.876. The molecule has 0 amide bonds. The van der Waals surface area contributed by atoms with Crippen molar-refractivity contribution >= 4 is 0 Å². The molecule has 0 saturated carbocycles. The van der Waals surface area contributed by atoms with Crippen LogP contribution in [0.4, 0.5) is 17.6 Å². The van der Waals surface area contributed by atoms with Crippen LogP contribution in [0, 0.1) is 5.82 Å². The maximum absolute atomic E-state index is 13.2. The molecule has 0 heterocycles. The van der Waals surface area contributed by atoms with Gasteiger partial charge >= 0.3 is 6.18 Å². The van der Waals surface area contributed by atoms with Gasteiger partial charge in [-0.2, -0.15) is 13.2 Å². The van der Waals surface area contributed by atoms with E-state index in [0.29, 0.717) is 0 Å². The summed E-state index contributed by atoms with van der Waals surface area (Å²) < 4.78 is 57.2. The third kappa shape index (κ3) is 2.70. The first kappa shape index (κ1) is 13.4. The van der Waals surface area contributed by atoms with E-state index in [-0.39, 0.29) is 16.9 Å². The van der Waals surface area contributed by atoms with E-state index in [1.165, 1.54) is 37.4 Å². The molecule has 2 aromatic carbocycles. The van der Waals surface area contributed by atoms with Crippen LogP contribution < -0.4 is 4.74 Å². The average Bonchev–Trinajstić information content (AvgIpc) is 2.36. The number of alkyl halides is 3. The van der Waals surface area contributed by atoms with Gasteiger partial charge in [0.25, 0.3) is 0 Å². The van der Waals surface area contributed by atoms with Gasteiger partial charge in [-0.25, -0.2) is 4.39 Å². The van der Waals surface area contributed by atoms with Crippen LogP contribution in [0.25, 0.3) is 11.1 Å². The minimum atomic E-state index is -4.53. The van der Waals surface area contributed by atoms with E-state index in [1.54, 1.807) is 0 Å². The lowest BCUT2D eigenvalue weighted by Crippen LogP contribution is -2.08. The van der Waals surface area contributed by atoms with Gasteiger partial charge in [0.05, 0.1) is 12.7 Å². The molecule has 5 heteroatoms. The zero-order valence-electron chi connectivity index (χ0n) is 9.96. The molecule has 0 N–H and O–H groups in total. The van der Waals surface area contributed by atoms with E-state index in [0.717, 1.165) is 12.1 Å². The zero-order valence-corrected chi connectivity index (χ0v) is 9.96. The van der Waals surface area contributed by atoms with E-state index < -0.39 is 17.6 Å². The van der Waals surface area contributed by atoms with Crippen LogP contribution in [0.2, 0.25) is 0 Å². The van der Waals surface area contributed by atoms with Gasteiger partial charge in [0.2, 0.25) is 0 Å². The summed E-state index contributed by atoms with van der Waals surface area (Å²) in [6, 6.07) is 8.61. The van der Waals surface area contributed by atoms with Crippen molar-refractivity contribution in [3.8, 4) is 16.9 Å². The molecule has 100 valence electrons. The number of hydrogen-bond acceptors (Lipinski definition) is 1. The fourth-order valence-electron chi connectivity index (χ4n) is 1.88. The van der Waals surface area contributed by atoms with Gasteiger partial charge in [-0.3, -0.25) is 0 Å². The smallest absolute Gasteiger partial charge is 0.417 e. The molecule has 0 atom stereocenters. The number of ether oxygens (including phenoxy) is 1. The lowest BCUT2D eigenvalue weighted by Gasteiger charge is -2.16. The maximum Gasteiger partial charge on any atom is 0.417 e. The van der Waals surface area contributed by atoms with Crippen molar-refractivity contribution in [3.63, 3.8) is 0 Å². The predicted molar refractivity (Wildman–Crippen MR) is 63.4 cm³/mol. The van der Waals surface area contributed by atoms with Gasteiger partial charge in [-0.15, -0.1) is 0 Å². The fourth-order valence-corrected chi connectivity index (χ4v) is 1.88. The summed E-state index contributed by atoms with van der Waals surface area (Å²) in [5.74, 6) is -0.544. The second-order valence-corrected chi connectivity index (χ2v) is 3.89. The Labute approximate surface area is 107 Å². The predicted octanol–water partition coefficient (Wildman–Crippen LogP) is 4.52. The third-order valence-corrected chi connectivity index (χ3v) is 2.66. The van der Waals surface area contributed by atoms with Gasteiger partial charge in [-0.05, 0) is 29.8 Å². The van der Waals surface area contributed by atoms with Crippen LogP contribution in [0.1, 0.15) is 5.56 Å². The first-order valence-corrected chi connectivity index (χ1v) is 5.43. The monoisotopic (exact) mass is 270 g/mol. The standard InChI is InChI=1S/C14H10F4O/c1-19-12-7-3-6-11(14(16,17)18)13(12)9-4-2-5-10(15)8-9/h2-8H,1H3. The summed E-state index contributed by atoms with van der Waals surface area (Å²) >= 11 is 0. The van der Waals surface area contributed by atoms with Crippen LogP contribution in [0.15, 0.2) is 42.5 Å². The molecule has 19 heavy (non-hydrogen) atoms. The molecule has 1 nitrogen and oxygen atoms in total. The van der Waals surface area contributed by atoms with E-state index in [1.807, 2.05) is 0 Å². The molecule has 0 saturated heterocycles. The van der Waals surface area contributed by atoms with Crippen LogP contribution in [0.5, 0.6) is 5.75 Å². The summed E-state index contributed by atoms with van der Waals surface area (Å²) in [5, 5.41) is 0. The van der Waals surface area contributed by atoms with Gasteiger partial charge in [-0.1, -0.05) is 18.2 Å². The Morgan fingerprint density at radius 2 is 1.68 bits per heavy atom. The first-order valence-electron chi connectivity index (χ1n) is 5.43. The molecule has 0 radical (unpaired) electrons. The molecule has 2 aromatic rings. The number of rotatable bonds is 2. The Balaban J connectivity index is 2.73. The quantitative estimate of drug-likeness (QED) is 0.729. The van der Waals surface area contributed by atoms with E-state index in [9.17, 15) is 17.6 Å². The molecule has 0 aliphatic heterocycles. The van der Waals surface area contributed by atoms with E-state index in [2.05, 4.69) is 0 Å². The molecule has 0 aromatic heterocycles. The normalized spacial score (nSPS) is 11.4. The summed E-state index contributed by atoms with van der Waals surface area (Å²) in [6.07, 6.45) is -4.53. The number of hydrogen-bond donors (Lipinski definition) is 0. The van der Waals surface area contributed by atoms with Crippen molar-refractivity contribution < 1.29 is 22.3 Å². The van der Waals surface area contributed by atoms with E-state index >= 15 is 0 Å². The van der Waals surface area contributed by atoms with Crippen LogP contribution in [-0.2, 0) is 6.18 Å². The molecular weight excluding hydrogens is 260 g/mol. The van der Waals surface area contributed by atoms with Gasteiger partial charge in [0, 0.05) is 5.56 Å². The van der Waals surface area contributed by atoms with Gasteiger partial charge < -0.3 is 4.74 Å². The van der Waals surface area contributed by atoms with Gasteiger partial charge in [0.15, 0.2) is 0 Å². The van der Waals surface area contributed by atoms with Crippen molar-refractivity contribution in [3.05, 3.63) is 53.8 Å². The maximum atomic E-state index is 13.2. The SMILES string of the molecule is COc1cccc(C(F)(F)F)c1-c1cccc(F)c1. The van der Waals surface area contributed by atoms with Crippen molar-refractivity contribution in [2.24, 2.45) is 0 Å². The number of halogens is 4. The summed E-state index contributed by atoms with van der Waals surface area (Å²) in [4.78, 5) is 0. The molecule has 0 unspecified atom stereocenters. The van der Waals surface area contributed by atoms with Crippen molar-refractivity contribution in [2.75, 3.05) is 7.11 Å². The molecule has 0 bridgehead atoms. The molecule has 0 spiro atoms.